The van der Waals surface area contributed by atoms with Gasteiger partial charge < -0.3 is 15.0 Å². The molecule has 1 saturated heterocycles. The van der Waals surface area contributed by atoms with E-state index in [1.165, 1.54) is 45.3 Å². The summed E-state index contributed by atoms with van der Waals surface area (Å²) in [5, 5.41) is 3.42. The van der Waals surface area contributed by atoms with E-state index in [0.29, 0.717) is 0 Å². The summed E-state index contributed by atoms with van der Waals surface area (Å²) >= 11 is 0. The standard InChI is InChI=1S/C12H26N2O/c1-2-15-12-8-13-7-11-14-9-5-3-4-6-10-14/h13H,2-12H2,1H3. The third-order valence-electron chi connectivity index (χ3n) is 2.93. The second kappa shape index (κ2) is 9.13. The van der Waals surface area contributed by atoms with Gasteiger partial charge in [-0.1, -0.05) is 12.8 Å². The van der Waals surface area contributed by atoms with Gasteiger partial charge in [-0.15, -0.1) is 0 Å². The van der Waals surface area contributed by atoms with Crippen molar-refractivity contribution in [2.24, 2.45) is 0 Å². The van der Waals surface area contributed by atoms with Crippen molar-refractivity contribution in [2.75, 3.05) is 45.9 Å². The van der Waals surface area contributed by atoms with E-state index in [9.17, 15) is 0 Å². The lowest BCUT2D eigenvalue weighted by molar-refractivity contribution is 0.148. The summed E-state index contributed by atoms with van der Waals surface area (Å²) in [6, 6.07) is 0. The molecule has 1 aliphatic rings. The van der Waals surface area contributed by atoms with Crippen LogP contribution in [0.2, 0.25) is 0 Å². The van der Waals surface area contributed by atoms with Gasteiger partial charge in [-0.2, -0.15) is 0 Å². The third-order valence-corrected chi connectivity index (χ3v) is 2.93. The van der Waals surface area contributed by atoms with Crippen molar-refractivity contribution in [3.05, 3.63) is 0 Å². The highest BCUT2D eigenvalue weighted by molar-refractivity contribution is 4.64. The first-order valence-electron chi connectivity index (χ1n) is 6.44. The second-order valence-electron chi connectivity index (χ2n) is 4.20. The number of likely N-dealkylation sites (tertiary alicyclic amines) is 1. The number of hydrogen-bond acceptors (Lipinski definition) is 3. The van der Waals surface area contributed by atoms with Gasteiger partial charge in [0.2, 0.25) is 0 Å². The Kier molecular flexibility index (Phi) is 7.88. The predicted molar refractivity (Wildman–Crippen MR) is 64.3 cm³/mol. The van der Waals surface area contributed by atoms with E-state index in [4.69, 9.17) is 4.74 Å². The number of ether oxygens (including phenoxy) is 1. The summed E-state index contributed by atoms with van der Waals surface area (Å²) in [6.45, 7) is 9.60. The van der Waals surface area contributed by atoms with Crippen molar-refractivity contribution >= 4 is 0 Å². The van der Waals surface area contributed by atoms with Crippen LogP contribution in [0.5, 0.6) is 0 Å². The lowest BCUT2D eigenvalue weighted by Crippen LogP contribution is -2.34. The maximum atomic E-state index is 5.27. The zero-order chi connectivity index (χ0) is 10.8. The molecule has 1 aliphatic heterocycles. The van der Waals surface area contributed by atoms with Crippen molar-refractivity contribution < 1.29 is 4.74 Å². The molecule has 0 radical (unpaired) electrons. The normalized spacial score (nSPS) is 19.0. The van der Waals surface area contributed by atoms with Gasteiger partial charge >= 0.3 is 0 Å². The van der Waals surface area contributed by atoms with Crippen molar-refractivity contribution in [3.63, 3.8) is 0 Å². The van der Waals surface area contributed by atoms with Crippen molar-refractivity contribution in [3.8, 4) is 0 Å². The zero-order valence-corrected chi connectivity index (χ0v) is 10.1. The van der Waals surface area contributed by atoms with Gasteiger partial charge in [0.1, 0.15) is 0 Å². The molecule has 0 amide bonds. The minimum Gasteiger partial charge on any atom is -0.380 e. The quantitative estimate of drug-likeness (QED) is 0.650. The van der Waals surface area contributed by atoms with Gasteiger partial charge in [0.15, 0.2) is 0 Å². The molecule has 0 atom stereocenters. The molecule has 1 heterocycles. The van der Waals surface area contributed by atoms with Crippen molar-refractivity contribution in [2.45, 2.75) is 32.6 Å². The van der Waals surface area contributed by atoms with Gasteiger partial charge in [0.05, 0.1) is 6.61 Å². The van der Waals surface area contributed by atoms with Crippen LogP contribution in [0.4, 0.5) is 0 Å². The van der Waals surface area contributed by atoms with Crippen LogP contribution < -0.4 is 5.32 Å². The van der Waals surface area contributed by atoms with Crippen LogP contribution in [0.1, 0.15) is 32.6 Å². The van der Waals surface area contributed by atoms with Crippen LogP contribution in [-0.2, 0) is 4.74 Å². The van der Waals surface area contributed by atoms with Gasteiger partial charge in [-0.3, -0.25) is 0 Å². The Morgan fingerprint density at radius 2 is 1.80 bits per heavy atom. The molecule has 90 valence electrons. The number of nitrogens with one attached hydrogen (secondary N) is 1. The van der Waals surface area contributed by atoms with E-state index in [1.807, 2.05) is 6.92 Å². The summed E-state index contributed by atoms with van der Waals surface area (Å²) in [6.07, 6.45) is 5.63. The molecule has 0 bridgehead atoms. The molecule has 0 aliphatic carbocycles. The Labute approximate surface area is 94.2 Å². The summed E-state index contributed by atoms with van der Waals surface area (Å²) in [5.74, 6) is 0. The van der Waals surface area contributed by atoms with E-state index in [0.717, 1.165) is 26.3 Å². The van der Waals surface area contributed by atoms with Crippen LogP contribution in [0, 0.1) is 0 Å². The predicted octanol–water partition coefficient (Wildman–Crippen LogP) is 1.49. The monoisotopic (exact) mass is 214 g/mol. The molecular formula is C12H26N2O. The van der Waals surface area contributed by atoms with E-state index >= 15 is 0 Å². The molecule has 3 nitrogen and oxygen atoms in total. The molecule has 15 heavy (non-hydrogen) atoms. The molecule has 3 heteroatoms. The van der Waals surface area contributed by atoms with Gasteiger partial charge in [0.25, 0.3) is 0 Å². The van der Waals surface area contributed by atoms with E-state index in [2.05, 4.69) is 10.2 Å². The molecule has 0 spiro atoms. The fourth-order valence-corrected chi connectivity index (χ4v) is 2.01. The smallest absolute Gasteiger partial charge is 0.0590 e. The molecule has 0 aromatic carbocycles. The molecule has 1 N–H and O–H groups in total. The highest BCUT2D eigenvalue weighted by atomic mass is 16.5. The van der Waals surface area contributed by atoms with Crippen LogP contribution in [0.3, 0.4) is 0 Å². The number of nitrogens with zero attached hydrogens (tertiary/aromatic N) is 1. The van der Waals surface area contributed by atoms with E-state index in [1.54, 1.807) is 0 Å². The van der Waals surface area contributed by atoms with Crippen LogP contribution in [0.25, 0.3) is 0 Å². The summed E-state index contributed by atoms with van der Waals surface area (Å²) in [7, 11) is 0. The minimum atomic E-state index is 0.827. The summed E-state index contributed by atoms with van der Waals surface area (Å²) < 4.78 is 5.27. The molecule has 0 aromatic heterocycles. The summed E-state index contributed by atoms with van der Waals surface area (Å²) in [5.41, 5.74) is 0. The molecule has 0 aromatic rings. The fraction of sp³-hybridized carbons (Fsp3) is 1.00. The average molecular weight is 214 g/mol. The average Bonchev–Trinajstić information content (AvgIpc) is 2.52. The largest absolute Gasteiger partial charge is 0.380 e. The van der Waals surface area contributed by atoms with Gasteiger partial charge in [-0.05, 0) is 32.9 Å². The lowest BCUT2D eigenvalue weighted by Gasteiger charge is -2.19. The van der Waals surface area contributed by atoms with Gasteiger partial charge in [0, 0.05) is 26.2 Å². The van der Waals surface area contributed by atoms with Crippen LogP contribution in [0.15, 0.2) is 0 Å². The third kappa shape index (κ3) is 6.88. The minimum absolute atomic E-state index is 0.827. The maximum Gasteiger partial charge on any atom is 0.0590 e. The Morgan fingerprint density at radius 1 is 1.07 bits per heavy atom. The van der Waals surface area contributed by atoms with Crippen molar-refractivity contribution in [1.82, 2.24) is 10.2 Å². The molecular weight excluding hydrogens is 188 g/mol. The zero-order valence-electron chi connectivity index (χ0n) is 10.1. The molecule has 1 fully saturated rings. The first kappa shape index (κ1) is 12.9. The Morgan fingerprint density at radius 3 is 2.47 bits per heavy atom. The highest BCUT2D eigenvalue weighted by Gasteiger charge is 2.07. The Hall–Kier alpha value is -0.120. The molecule has 0 saturated carbocycles. The SMILES string of the molecule is CCOCCNCCN1CCCCCC1. The topological polar surface area (TPSA) is 24.5 Å². The van der Waals surface area contributed by atoms with Crippen molar-refractivity contribution in [1.29, 1.82) is 0 Å². The maximum absolute atomic E-state index is 5.27. The number of hydrogen-bond donors (Lipinski definition) is 1. The highest BCUT2D eigenvalue weighted by Crippen LogP contribution is 2.08. The number of rotatable bonds is 7. The molecule has 1 rings (SSSR count). The Balaban J connectivity index is 1.89. The summed E-state index contributed by atoms with van der Waals surface area (Å²) in [4.78, 5) is 2.58. The first-order chi connectivity index (χ1) is 7.43. The lowest BCUT2D eigenvalue weighted by atomic mass is 10.2. The van der Waals surface area contributed by atoms with E-state index < -0.39 is 0 Å². The van der Waals surface area contributed by atoms with E-state index in [-0.39, 0.29) is 0 Å². The van der Waals surface area contributed by atoms with Crippen LogP contribution in [-0.4, -0.2) is 50.8 Å². The fourth-order valence-electron chi connectivity index (χ4n) is 2.01. The second-order valence-corrected chi connectivity index (χ2v) is 4.20. The molecule has 0 unspecified atom stereocenters. The van der Waals surface area contributed by atoms with Gasteiger partial charge in [-0.25, -0.2) is 0 Å². The Bertz CT molecular complexity index is 134. The first-order valence-corrected chi connectivity index (χ1v) is 6.44. The van der Waals surface area contributed by atoms with Crippen LogP contribution >= 0.6 is 0 Å².